The van der Waals surface area contributed by atoms with Gasteiger partial charge in [0.2, 0.25) is 6.17 Å². The second-order valence-electron chi connectivity index (χ2n) is 8.35. The number of carbonyl (C=O) groups excluding carboxylic acids is 2. The molecule has 9 heteroatoms. The van der Waals surface area contributed by atoms with Crippen LogP contribution in [0.5, 0.6) is 0 Å². The average molecular weight is 469 g/mol. The molecule has 0 saturated carbocycles. The normalized spacial score (nSPS) is 22.1. The number of urea groups is 1. The molecule has 0 aromatic heterocycles. The highest BCUT2D eigenvalue weighted by molar-refractivity contribution is 6.32. The summed E-state index contributed by atoms with van der Waals surface area (Å²) >= 11 is 6.29. The van der Waals surface area contributed by atoms with E-state index in [1.165, 1.54) is 4.90 Å². The van der Waals surface area contributed by atoms with Gasteiger partial charge in [0.25, 0.3) is 5.91 Å². The van der Waals surface area contributed by atoms with E-state index in [2.05, 4.69) is 5.32 Å². The van der Waals surface area contributed by atoms with Crippen LogP contribution in [0.3, 0.4) is 0 Å². The Labute approximate surface area is 197 Å². The molecule has 2 aromatic carbocycles. The fourth-order valence-electron chi connectivity index (χ4n) is 4.51. The number of likely N-dealkylation sites (tertiary alicyclic amines) is 1. The molecule has 0 radical (unpaired) electrons. The number of carbonyl (C=O) groups is 2. The summed E-state index contributed by atoms with van der Waals surface area (Å²) in [7, 11) is 1.68. The first-order valence-corrected chi connectivity index (χ1v) is 11.4. The molecule has 33 heavy (non-hydrogen) atoms. The number of halogens is 1. The largest absolute Gasteiger partial charge is 0.347 e. The highest BCUT2D eigenvalue weighted by Gasteiger charge is 2.41. The van der Waals surface area contributed by atoms with E-state index >= 15 is 0 Å². The summed E-state index contributed by atoms with van der Waals surface area (Å²) in [5, 5.41) is 3.37. The highest BCUT2D eigenvalue weighted by Crippen LogP contribution is 2.32. The summed E-state index contributed by atoms with van der Waals surface area (Å²) in [6.07, 6.45) is 0.127. The number of nitrogens with zero attached hydrogens (tertiary/aromatic N) is 3. The van der Waals surface area contributed by atoms with Crippen LogP contribution < -0.4 is 10.2 Å². The van der Waals surface area contributed by atoms with Crippen molar-refractivity contribution in [2.75, 3.05) is 38.3 Å². The van der Waals surface area contributed by atoms with Gasteiger partial charge in [0.15, 0.2) is 5.79 Å². The lowest BCUT2D eigenvalue weighted by Crippen LogP contribution is -2.54. The van der Waals surface area contributed by atoms with Crippen LogP contribution in [-0.4, -0.2) is 67.9 Å². The Bertz CT molecular complexity index is 1090. The minimum Gasteiger partial charge on any atom is -0.347 e. The number of hydrogen-bond donors (Lipinski definition) is 1. The number of hydrogen-bond acceptors (Lipinski definition) is 5. The number of likely N-dealkylation sites (N-methyl/N-ethyl adjacent to an activating group) is 1. The third kappa shape index (κ3) is 4.21. The van der Waals surface area contributed by atoms with Crippen molar-refractivity contribution in [3.05, 3.63) is 64.7 Å². The van der Waals surface area contributed by atoms with E-state index in [0.29, 0.717) is 55.6 Å². The van der Waals surface area contributed by atoms with Gasteiger partial charge in [0.05, 0.1) is 24.6 Å². The highest BCUT2D eigenvalue weighted by atomic mass is 35.5. The number of benzene rings is 2. The summed E-state index contributed by atoms with van der Waals surface area (Å²) in [5.74, 6) is -0.900. The fourth-order valence-corrected chi connectivity index (χ4v) is 4.68. The molecule has 3 heterocycles. The van der Waals surface area contributed by atoms with E-state index in [0.717, 1.165) is 11.1 Å². The number of rotatable bonds is 2. The van der Waals surface area contributed by atoms with E-state index in [4.69, 9.17) is 26.1 Å². The van der Waals surface area contributed by atoms with Crippen LogP contribution >= 0.6 is 11.6 Å². The van der Waals surface area contributed by atoms with E-state index in [1.54, 1.807) is 30.1 Å². The molecule has 3 aliphatic rings. The average Bonchev–Trinajstić information content (AvgIpc) is 3.25. The van der Waals surface area contributed by atoms with Gasteiger partial charge in [0, 0.05) is 49.1 Å². The second kappa shape index (κ2) is 8.78. The number of anilines is 1. The van der Waals surface area contributed by atoms with Crippen LogP contribution in [0.4, 0.5) is 10.5 Å². The molecule has 1 spiro atoms. The molecule has 2 aromatic rings. The Morgan fingerprint density at radius 3 is 2.52 bits per heavy atom. The molecule has 3 amide bonds. The Hall–Kier alpha value is -2.94. The SMILES string of the molecule is CN1C(=O)C(NC(=O)N2CCC3(CC2)OCCO3)N=C(c2ccccc2)c2cc(Cl)ccc21. The van der Waals surface area contributed by atoms with Gasteiger partial charge in [-0.1, -0.05) is 41.9 Å². The number of fused-ring (bicyclic) bond motifs is 1. The summed E-state index contributed by atoms with van der Waals surface area (Å²) < 4.78 is 11.5. The van der Waals surface area contributed by atoms with Gasteiger partial charge in [-0.05, 0) is 18.2 Å². The topological polar surface area (TPSA) is 83.5 Å². The number of ether oxygens (including phenoxy) is 2. The number of nitrogens with one attached hydrogen (secondary N) is 1. The Morgan fingerprint density at radius 1 is 1.12 bits per heavy atom. The van der Waals surface area contributed by atoms with Crippen molar-refractivity contribution in [2.24, 2.45) is 4.99 Å². The Balaban J connectivity index is 1.43. The molecule has 5 rings (SSSR count). The minimum absolute atomic E-state index is 0.325. The van der Waals surface area contributed by atoms with Gasteiger partial charge < -0.3 is 24.6 Å². The van der Waals surface area contributed by atoms with Gasteiger partial charge in [-0.3, -0.25) is 4.79 Å². The first kappa shape index (κ1) is 21.9. The maximum Gasteiger partial charge on any atom is 0.319 e. The monoisotopic (exact) mass is 468 g/mol. The Kier molecular flexibility index (Phi) is 5.82. The molecular weight excluding hydrogens is 444 g/mol. The van der Waals surface area contributed by atoms with Gasteiger partial charge in [-0.15, -0.1) is 0 Å². The van der Waals surface area contributed by atoms with Crippen molar-refractivity contribution in [1.82, 2.24) is 10.2 Å². The first-order valence-electron chi connectivity index (χ1n) is 11.0. The van der Waals surface area contributed by atoms with Crippen LogP contribution in [0, 0.1) is 0 Å². The van der Waals surface area contributed by atoms with E-state index in [9.17, 15) is 9.59 Å². The van der Waals surface area contributed by atoms with Crippen molar-refractivity contribution in [1.29, 1.82) is 0 Å². The zero-order valence-corrected chi connectivity index (χ0v) is 19.0. The molecule has 2 saturated heterocycles. The zero-order chi connectivity index (χ0) is 23.0. The molecule has 0 aliphatic carbocycles. The summed E-state index contributed by atoms with van der Waals surface area (Å²) in [6, 6.07) is 14.6. The third-order valence-corrected chi connectivity index (χ3v) is 6.57. The predicted molar refractivity (Wildman–Crippen MR) is 125 cm³/mol. The smallest absolute Gasteiger partial charge is 0.319 e. The molecule has 1 atom stereocenters. The fraction of sp³-hybridized carbons (Fsp3) is 0.375. The van der Waals surface area contributed by atoms with Crippen molar-refractivity contribution in [3.8, 4) is 0 Å². The summed E-state index contributed by atoms with van der Waals surface area (Å²) in [6.45, 7) is 2.12. The van der Waals surface area contributed by atoms with Crippen molar-refractivity contribution in [2.45, 2.75) is 24.8 Å². The minimum atomic E-state index is -1.07. The zero-order valence-electron chi connectivity index (χ0n) is 18.3. The lowest BCUT2D eigenvalue weighted by Gasteiger charge is -2.37. The second-order valence-corrected chi connectivity index (χ2v) is 8.79. The quantitative estimate of drug-likeness (QED) is 0.734. The predicted octanol–water partition coefficient (Wildman–Crippen LogP) is 3.03. The number of piperidine rings is 1. The van der Waals surface area contributed by atoms with E-state index in [-0.39, 0.29) is 11.9 Å². The van der Waals surface area contributed by atoms with Crippen LogP contribution in [-0.2, 0) is 14.3 Å². The lowest BCUT2D eigenvalue weighted by molar-refractivity contribution is -0.181. The van der Waals surface area contributed by atoms with Crippen LogP contribution in [0.25, 0.3) is 0 Å². The maximum atomic E-state index is 13.3. The maximum absolute atomic E-state index is 13.3. The van der Waals surface area contributed by atoms with Gasteiger partial charge in [0.1, 0.15) is 0 Å². The lowest BCUT2D eigenvalue weighted by atomic mass is 10.0. The number of benzodiazepines with no additional fused rings is 1. The summed E-state index contributed by atoms with van der Waals surface area (Å²) in [4.78, 5) is 34.3. The van der Waals surface area contributed by atoms with Crippen LogP contribution in [0.1, 0.15) is 24.0 Å². The van der Waals surface area contributed by atoms with Gasteiger partial charge in [-0.25, -0.2) is 9.79 Å². The van der Waals surface area contributed by atoms with Crippen molar-refractivity contribution >= 4 is 34.9 Å². The molecule has 3 aliphatic heterocycles. The standard InChI is InChI=1S/C24H25ClN4O4/c1-28-19-8-7-17(25)15-18(19)20(16-5-3-2-4-6-16)26-21(22(28)30)27-23(31)29-11-9-24(10-12-29)32-13-14-33-24/h2-8,15,21H,9-14H2,1H3,(H,27,31). The molecule has 2 fully saturated rings. The third-order valence-electron chi connectivity index (χ3n) is 6.33. The molecule has 0 bridgehead atoms. The Morgan fingerprint density at radius 2 is 1.82 bits per heavy atom. The van der Waals surface area contributed by atoms with Crippen molar-refractivity contribution < 1.29 is 19.1 Å². The molecule has 8 nitrogen and oxygen atoms in total. The number of aliphatic imine (C=N–C) groups is 1. The molecular formula is C24H25ClN4O4. The van der Waals surface area contributed by atoms with E-state index in [1.807, 2.05) is 30.3 Å². The summed E-state index contributed by atoms with van der Waals surface area (Å²) in [5.41, 5.74) is 2.84. The van der Waals surface area contributed by atoms with Crippen LogP contribution in [0.15, 0.2) is 53.5 Å². The molecule has 172 valence electrons. The van der Waals surface area contributed by atoms with Gasteiger partial charge in [-0.2, -0.15) is 0 Å². The first-order chi connectivity index (χ1) is 16.0. The van der Waals surface area contributed by atoms with Crippen LogP contribution in [0.2, 0.25) is 5.02 Å². The molecule has 1 N–H and O–H groups in total. The number of amides is 3. The van der Waals surface area contributed by atoms with Gasteiger partial charge >= 0.3 is 6.03 Å². The van der Waals surface area contributed by atoms with E-state index < -0.39 is 12.0 Å². The molecule has 1 unspecified atom stereocenters. The van der Waals surface area contributed by atoms with Crippen molar-refractivity contribution in [3.63, 3.8) is 0 Å².